The van der Waals surface area contributed by atoms with Gasteiger partial charge in [0.15, 0.2) is 0 Å². The first-order valence-corrected chi connectivity index (χ1v) is 3.82. The Morgan fingerprint density at radius 1 is 1.15 bits per heavy atom. The van der Waals surface area contributed by atoms with Crippen LogP contribution in [0.3, 0.4) is 0 Å². The fraction of sp³-hybridized carbons (Fsp3) is 0. The summed E-state index contributed by atoms with van der Waals surface area (Å²) in [6.45, 7) is 7.24. The van der Waals surface area contributed by atoms with Crippen LogP contribution in [0, 0.1) is 5.82 Å². The van der Waals surface area contributed by atoms with E-state index in [1.54, 1.807) is 24.4 Å². The lowest BCUT2D eigenvalue weighted by atomic mass is 10.4. The second-order valence-corrected chi connectivity index (χ2v) is 2.57. The van der Waals surface area contributed by atoms with E-state index in [0.717, 1.165) is 5.22 Å². The van der Waals surface area contributed by atoms with Crippen molar-refractivity contribution in [1.82, 2.24) is 4.98 Å². The number of hydrogen-bond donors (Lipinski definition) is 0. The zero-order valence-electron chi connectivity index (χ0n) is 7.20. The lowest BCUT2D eigenvalue weighted by Gasteiger charge is -1.80. The highest BCUT2D eigenvalue weighted by atomic mass is 19.1. The Labute approximate surface area is 76.2 Å². The largest absolute Gasteiger partial charge is 0.257 e. The molecule has 1 heterocycles. The van der Waals surface area contributed by atoms with Crippen molar-refractivity contribution in [1.29, 1.82) is 0 Å². The molecule has 0 bridgehead atoms. The van der Waals surface area contributed by atoms with Crippen molar-refractivity contribution in [3.63, 3.8) is 0 Å². The van der Waals surface area contributed by atoms with Gasteiger partial charge in [-0.3, -0.25) is 4.98 Å². The van der Waals surface area contributed by atoms with Gasteiger partial charge in [-0.15, -0.1) is 0 Å². The maximum atomic E-state index is 12.9. The SMILES string of the molecule is C=c1cccnc(=C)cc(F)cc1. The van der Waals surface area contributed by atoms with Gasteiger partial charge in [-0.2, -0.15) is 0 Å². The highest BCUT2D eigenvalue weighted by Crippen LogP contribution is 1.83. The normalized spacial score (nSPS) is 9.00. The van der Waals surface area contributed by atoms with Gasteiger partial charge in [0.1, 0.15) is 5.82 Å². The minimum Gasteiger partial charge on any atom is -0.257 e. The number of rotatable bonds is 0. The van der Waals surface area contributed by atoms with Crippen LogP contribution in [0.25, 0.3) is 13.2 Å². The Balaban J connectivity index is 3.49. The molecule has 0 aliphatic heterocycles. The molecule has 0 N–H and O–H groups in total. The van der Waals surface area contributed by atoms with Gasteiger partial charge in [-0.25, -0.2) is 4.39 Å². The van der Waals surface area contributed by atoms with E-state index in [2.05, 4.69) is 18.1 Å². The average molecular weight is 175 g/mol. The fourth-order valence-electron chi connectivity index (χ4n) is 0.792. The van der Waals surface area contributed by atoms with Crippen molar-refractivity contribution >= 4 is 13.2 Å². The minimum absolute atomic E-state index is 0.376. The van der Waals surface area contributed by atoms with Crippen LogP contribution in [-0.2, 0) is 0 Å². The maximum absolute atomic E-state index is 12.9. The highest BCUT2D eigenvalue weighted by molar-refractivity contribution is 5.07. The summed E-state index contributed by atoms with van der Waals surface area (Å²) in [7, 11) is 0. The van der Waals surface area contributed by atoms with Gasteiger partial charge in [0.25, 0.3) is 0 Å². The Kier molecular flexibility index (Phi) is 3.15. The predicted octanol–water partition coefficient (Wildman–Crippen LogP) is 1.17. The van der Waals surface area contributed by atoms with E-state index in [1.807, 2.05) is 0 Å². The van der Waals surface area contributed by atoms with Crippen LogP contribution in [0.4, 0.5) is 4.39 Å². The lowest BCUT2D eigenvalue weighted by Crippen LogP contribution is -2.00. The van der Waals surface area contributed by atoms with Gasteiger partial charge in [0.05, 0.1) is 5.35 Å². The van der Waals surface area contributed by atoms with Gasteiger partial charge in [0.2, 0.25) is 0 Å². The third-order valence-electron chi connectivity index (χ3n) is 1.40. The molecule has 2 heteroatoms. The van der Waals surface area contributed by atoms with Crippen molar-refractivity contribution in [3.05, 3.63) is 52.9 Å². The molecule has 0 saturated heterocycles. The third kappa shape index (κ3) is 3.47. The molecule has 0 aliphatic carbocycles. The van der Waals surface area contributed by atoms with E-state index in [9.17, 15) is 4.39 Å². The molecule has 0 unspecified atom stereocenters. The van der Waals surface area contributed by atoms with Crippen LogP contribution in [-0.4, -0.2) is 4.98 Å². The van der Waals surface area contributed by atoms with Crippen LogP contribution in [0.15, 0.2) is 36.5 Å². The van der Waals surface area contributed by atoms with Crippen LogP contribution in [0.5, 0.6) is 0 Å². The van der Waals surface area contributed by atoms with Gasteiger partial charge >= 0.3 is 0 Å². The molecule has 0 radical (unpaired) electrons. The lowest BCUT2D eigenvalue weighted by molar-refractivity contribution is 0.627. The van der Waals surface area contributed by atoms with Crippen molar-refractivity contribution in [2.45, 2.75) is 0 Å². The summed E-state index contributed by atoms with van der Waals surface area (Å²) in [5.74, 6) is -0.376. The molecule has 0 saturated carbocycles. The van der Waals surface area contributed by atoms with Crippen LogP contribution < -0.4 is 10.6 Å². The van der Waals surface area contributed by atoms with Gasteiger partial charge < -0.3 is 0 Å². The molecule has 1 aromatic heterocycles. The van der Waals surface area contributed by atoms with E-state index < -0.39 is 0 Å². The summed E-state index contributed by atoms with van der Waals surface area (Å²) < 4.78 is 12.9. The Morgan fingerprint density at radius 3 is 2.69 bits per heavy atom. The van der Waals surface area contributed by atoms with E-state index in [1.165, 1.54) is 12.1 Å². The first kappa shape index (κ1) is 9.39. The summed E-state index contributed by atoms with van der Waals surface area (Å²) in [5.41, 5.74) is 0. The number of hydrogen-bond acceptors (Lipinski definition) is 1. The molecule has 1 rings (SSSR count). The van der Waals surface area contributed by atoms with Gasteiger partial charge in [0, 0.05) is 6.20 Å². The van der Waals surface area contributed by atoms with Crippen LogP contribution in [0.1, 0.15) is 0 Å². The second-order valence-electron chi connectivity index (χ2n) is 2.57. The molecular formula is C11H10FN. The standard InChI is InChI=1S/C11H10FN/c1-9-4-3-7-13-10(2)8-11(12)6-5-9/h3-8H,1-2H2. The molecule has 13 heavy (non-hydrogen) atoms. The zero-order valence-corrected chi connectivity index (χ0v) is 7.20. The summed E-state index contributed by atoms with van der Waals surface area (Å²) in [5, 5.41) is 1.11. The summed E-state index contributed by atoms with van der Waals surface area (Å²) in [4.78, 5) is 3.87. The number of aromatic nitrogens is 1. The molecule has 66 valence electrons. The number of nitrogens with zero attached hydrogens (tertiary/aromatic N) is 1. The van der Waals surface area contributed by atoms with Crippen LogP contribution in [0.2, 0.25) is 0 Å². The van der Waals surface area contributed by atoms with E-state index in [0.29, 0.717) is 5.35 Å². The van der Waals surface area contributed by atoms with Crippen molar-refractivity contribution in [2.24, 2.45) is 0 Å². The molecule has 0 atom stereocenters. The second kappa shape index (κ2) is 4.36. The summed E-state index contributed by atoms with van der Waals surface area (Å²) >= 11 is 0. The molecule has 1 aromatic rings. The maximum Gasteiger partial charge on any atom is 0.125 e. The predicted molar refractivity (Wildman–Crippen MR) is 52.1 cm³/mol. The zero-order chi connectivity index (χ0) is 9.68. The van der Waals surface area contributed by atoms with E-state index in [4.69, 9.17) is 0 Å². The van der Waals surface area contributed by atoms with E-state index in [-0.39, 0.29) is 5.82 Å². The van der Waals surface area contributed by atoms with Crippen LogP contribution >= 0.6 is 0 Å². The smallest absolute Gasteiger partial charge is 0.125 e. The minimum atomic E-state index is -0.376. The fourth-order valence-corrected chi connectivity index (χ4v) is 0.792. The molecule has 0 fully saturated rings. The molecule has 1 nitrogen and oxygen atoms in total. The average Bonchev–Trinajstić information content (AvgIpc) is 2.08. The van der Waals surface area contributed by atoms with Crippen molar-refractivity contribution in [2.75, 3.05) is 0 Å². The van der Waals surface area contributed by atoms with Crippen molar-refractivity contribution in [3.8, 4) is 0 Å². The first-order valence-electron chi connectivity index (χ1n) is 3.82. The Morgan fingerprint density at radius 2 is 1.92 bits per heavy atom. The quantitative estimate of drug-likeness (QED) is 0.576. The Bertz CT molecular complexity index is 438. The first-order chi connectivity index (χ1) is 6.18. The Hall–Kier alpha value is -1.70. The van der Waals surface area contributed by atoms with Gasteiger partial charge in [-0.1, -0.05) is 25.3 Å². The molecule has 0 aromatic carbocycles. The summed E-state index contributed by atoms with van der Waals surface area (Å²) in [6, 6.07) is 7.66. The monoisotopic (exact) mass is 175 g/mol. The summed E-state index contributed by atoms with van der Waals surface area (Å²) in [6.07, 6.45) is 1.55. The topological polar surface area (TPSA) is 12.9 Å². The molecular weight excluding hydrogens is 165 g/mol. The van der Waals surface area contributed by atoms with Crippen molar-refractivity contribution < 1.29 is 4.39 Å². The molecule has 0 aliphatic rings. The highest BCUT2D eigenvalue weighted by Gasteiger charge is 1.79. The molecule has 0 spiro atoms. The van der Waals surface area contributed by atoms with Gasteiger partial charge in [-0.05, 0) is 23.4 Å². The third-order valence-corrected chi connectivity index (χ3v) is 1.40. The number of halogens is 1. The van der Waals surface area contributed by atoms with E-state index >= 15 is 0 Å². The molecule has 0 amide bonds.